The van der Waals surface area contributed by atoms with Gasteiger partial charge in [0.25, 0.3) is 0 Å². The average molecular weight is 267 g/mol. The molecule has 0 fully saturated rings. The Labute approximate surface area is 108 Å². The summed E-state index contributed by atoms with van der Waals surface area (Å²) in [5.74, 6) is -1.18. The number of ether oxygens (including phenoxy) is 1. The van der Waals surface area contributed by atoms with E-state index in [4.69, 9.17) is 10.4 Å². The van der Waals surface area contributed by atoms with E-state index in [-0.39, 0.29) is 12.2 Å². The first-order chi connectivity index (χ1) is 9.02. The number of carboxylic acids is 1. The molecule has 0 aliphatic rings. The standard InChI is InChI=1S/C13H11F2NO3/c14-13(15)19-11-8-9(4-6-12(17)18)3-5-10(11)2-1-7-16/h3-6,8,13H,1-2H2,(H,17,18)/b6-4+. The summed E-state index contributed by atoms with van der Waals surface area (Å²) in [5.41, 5.74) is 0.910. The second kappa shape index (κ2) is 7.11. The molecule has 19 heavy (non-hydrogen) atoms. The van der Waals surface area contributed by atoms with Gasteiger partial charge in [-0.2, -0.15) is 14.0 Å². The lowest BCUT2D eigenvalue weighted by atomic mass is 10.1. The fourth-order valence-corrected chi connectivity index (χ4v) is 1.45. The number of aryl methyl sites for hydroxylation is 1. The summed E-state index contributed by atoms with van der Waals surface area (Å²) < 4.78 is 28.9. The fraction of sp³-hybridized carbons (Fsp3) is 0.231. The van der Waals surface area contributed by atoms with Crippen LogP contribution in [-0.2, 0) is 11.2 Å². The van der Waals surface area contributed by atoms with Crippen LogP contribution in [0, 0.1) is 11.3 Å². The van der Waals surface area contributed by atoms with Gasteiger partial charge in [0.05, 0.1) is 6.07 Å². The number of carbonyl (C=O) groups is 1. The Bertz CT molecular complexity index is 521. The first-order valence-corrected chi connectivity index (χ1v) is 5.38. The van der Waals surface area contributed by atoms with Crippen LogP contribution in [0.15, 0.2) is 24.3 Å². The monoisotopic (exact) mass is 267 g/mol. The third-order valence-electron chi connectivity index (χ3n) is 2.23. The molecule has 0 aliphatic carbocycles. The number of benzene rings is 1. The Morgan fingerprint density at radius 1 is 1.53 bits per heavy atom. The average Bonchev–Trinajstić information content (AvgIpc) is 2.34. The summed E-state index contributed by atoms with van der Waals surface area (Å²) in [6.07, 6.45) is 2.65. The first kappa shape index (κ1) is 14.6. The van der Waals surface area contributed by atoms with Gasteiger partial charge in [0.1, 0.15) is 5.75 Å². The predicted octanol–water partition coefficient (Wildman–Crippen LogP) is 2.84. The quantitative estimate of drug-likeness (QED) is 0.804. The highest BCUT2D eigenvalue weighted by atomic mass is 19.3. The molecule has 0 radical (unpaired) electrons. The Morgan fingerprint density at radius 3 is 2.84 bits per heavy atom. The molecular formula is C13H11F2NO3. The van der Waals surface area contributed by atoms with Crippen LogP contribution in [0.1, 0.15) is 17.5 Å². The van der Waals surface area contributed by atoms with Crippen molar-refractivity contribution >= 4 is 12.0 Å². The number of hydrogen-bond donors (Lipinski definition) is 1. The third kappa shape index (κ3) is 5.17. The summed E-state index contributed by atoms with van der Waals surface area (Å²) in [7, 11) is 0. The van der Waals surface area contributed by atoms with Crippen LogP contribution < -0.4 is 4.74 Å². The molecule has 0 saturated heterocycles. The molecule has 0 aromatic heterocycles. The normalized spacial score (nSPS) is 10.6. The van der Waals surface area contributed by atoms with Crippen LogP contribution in [0.25, 0.3) is 6.08 Å². The van der Waals surface area contributed by atoms with E-state index in [9.17, 15) is 13.6 Å². The highest BCUT2D eigenvalue weighted by molar-refractivity contribution is 5.85. The molecule has 4 nitrogen and oxygen atoms in total. The molecule has 1 aromatic rings. The zero-order chi connectivity index (χ0) is 14.3. The van der Waals surface area contributed by atoms with Gasteiger partial charge < -0.3 is 9.84 Å². The van der Waals surface area contributed by atoms with Crippen molar-refractivity contribution in [2.24, 2.45) is 0 Å². The van der Waals surface area contributed by atoms with Gasteiger partial charge in [0.15, 0.2) is 0 Å². The minimum absolute atomic E-state index is 0.0437. The molecule has 0 amide bonds. The summed E-state index contributed by atoms with van der Waals surface area (Å²) in [4.78, 5) is 10.4. The minimum atomic E-state index is -2.97. The van der Waals surface area contributed by atoms with Crippen molar-refractivity contribution in [1.82, 2.24) is 0 Å². The number of aliphatic carboxylic acids is 1. The Kier molecular flexibility index (Phi) is 5.48. The molecular weight excluding hydrogens is 256 g/mol. The molecule has 1 N–H and O–H groups in total. The van der Waals surface area contributed by atoms with E-state index in [0.717, 1.165) is 6.08 Å². The Hall–Kier alpha value is -2.42. The van der Waals surface area contributed by atoms with Gasteiger partial charge in [0.2, 0.25) is 0 Å². The van der Waals surface area contributed by atoms with Crippen LogP contribution in [-0.4, -0.2) is 17.7 Å². The van der Waals surface area contributed by atoms with Crippen molar-refractivity contribution < 1.29 is 23.4 Å². The maximum Gasteiger partial charge on any atom is 0.387 e. The molecule has 100 valence electrons. The maximum absolute atomic E-state index is 12.3. The van der Waals surface area contributed by atoms with Gasteiger partial charge in [-0.15, -0.1) is 0 Å². The molecule has 0 atom stereocenters. The zero-order valence-electron chi connectivity index (χ0n) is 9.85. The topological polar surface area (TPSA) is 70.3 Å². The van der Waals surface area contributed by atoms with Crippen LogP contribution >= 0.6 is 0 Å². The molecule has 0 bridgehead atoms. The Balaban J connectivity index is 3.00. The molecule has 6 heteroatoms. The number of alkyl halides is 2. The second-order valence-electron chi connectivity index (χ2n) is 3.58. The van der Waals surface area contributed by atoms with Crippen molar-refractivity contribution in [3.63, 3.8) is 0 Å². The second-order valence-corrected chi connectivity index (χ2v) is 3.58. The van der Waals surface area contributed by atoms with Crippen LogP contribution in [0.4, 0.5) is 8.78 Å². The number of carboxylic acid groups (broad SMARTS) is 1. The summed E-state index contributed by atoms with van der Waals surface area (Å²) in [6.45, 7) is -2.97. The molecule has 0 heterocycles. The number of rotatable bonds is 6. The van der Waals surface area contributed by atoms with Gasteiger partial charge in [-0.25, -0.2) is 4.79 Å². The first-order valence-electron chi connectivity index (χ1n) is 5.38. The van der Waals surface area contributed by atoms with Crippen LogP contribution in [0.5, 0.6) is 5.75 Å². The van der Waals surface area contributed by atoms with Crippen molar-refractivity contribution in [1.29, 1.82) is 5.26 Å². The van der Waals surface area contributed by atoms with Gasteiger partial charge in [-0.3, -0.25) is 0 Å². The zero-order valence-corrected chi connectivity index (χ0v) is 9.85. The number of hydrogen-bond acceptors (Lipinski definition) is 3. The van der Waals surface area contributed by atoms with Gasteiger partial charge in [-0.05, 0) is 29.7 Å². The van der Waals surface area contributed by atoms with Crippen LogP contribution in [0.3, 0.4) is 0 Å². The maximum atomic E-state index is 12.3. The summed E-state index contributed by atoms with van der Waals surface area (Å²) >= 11 is 0. The van der Waals surface area contributed by atoms with E-state index >= 15 is 0 Å². The highest BCUT2D eigenvalue weighted by Gasteiger charge is 2.10. The van der Waals surface area contributed by atoms with Gasteiger partial charge >= 0.3 is 12.6 Å². The lowest BCUT2D eigenvalue weighted by molar-refractivity contribution is -0.131. The Morgan fingerprint density at radius 2 is 2.26 bits per heavy atom. The van der Waals surface area contributed by atoms with Crippen molar-refractivity contribution in [3.8, 4) is 11.8 Å². The smallest absolute Gasteiger partial charge is 0.387 e. The summed E-state index contributed by atoms with van der Waals surface area (Å²) in [6, 6.07) is 6.35. The third-order valence-corrected chi connectivity index (χ3v) is 2.23. The minimum Gasteiger partial charge on any atom is -0.478 e. The van der Waals surface area contributed by atoms with Gasteiger partial charge in [0, 0.05) is 12.5 Å². The summed E-state index contributed by atoms with van der Waals surface area (Å²) in [5, 5.41) is 17.0. The van der Waals surface area contributed by atoms with Gasteiger partial charge in [-0.1, -0.05) is 12.1 Å². The van der Waals surface area contributed by atoms with Crippen molar-refractivity contribution in [2.45, 2.75) is 19.5 Å². The molecule has 1 aromatic carbocycles. The molecule has 0 unspecified atom stereocenters. The van der Waals surface area contributed by atoms with E-state index in [1.807, 2.05) is 6.07 Å². The van der Waals surface area contributed by atoms with Crippen molar-refractivity contribution in [3.05, 3.63) is 35.4 Å². The highest BCUT2D eigenvalue weighted by Crippen LogP contribution is 2.24. The largest absolute Gasteiger partial charge is 0.478 e. The molecule has 1 rings (SSSR count). The van der Waals surface area contributed by atoms with E-state index < -0.39 is 12.6 Å². The number of nitriles is 1. The lowest BCUT2D eigenvalue weighted by Gasteiger charge is -2.10. The van der Waals surface area contributed by atoms with E-state index in [2.05, 4.69) is 4.74 Å². The SMILES string of the molecule is N#CCCc1ccc(/C=C/C(=O)O)cc1OC(F)F. The van der Waals surface area contributed by atoms with E-state index in [0.29, 0.717) is 17.5 Å². The number of halogens is 2. The van der Waals surface area contributed by atoms with Crippen molar-refractivity contribution in [2.75, 3.05) is 0 Å². The lowest BCUT2D eigenvalue weighted by Crippen LogP contribution is -2.04. The molecule has 0 spiro atoms. The number of nitrogens with zero attached hydrogens (tertiary/aromatic N) is 1. The predicted molar refractivity (Wildman–Crippen MR) is 63.7 cm³/mol. The molecule has 0 saturated carbocycles. The van der Waals surface area contributed by atoms with Crippen LogP contribution in [0.2, 0.25) is 0 Å². The molecule has 0 aliphatic heterocycles. The van der Waals surface area contributed by atoms with E-state index in [1.165, 1.54) is 18.2 Å². The van der Waals surface area contributed by atoms with E-state index in [1.54, 1.807) is 6.07 Å². The fourth-order valence-electron chi connectivity index (χ4n) is 1.45.